The van der Waals surface area contributed by atoms with E-state index in [1.807, 2.05) is 92.8 Å². The molecule has 0 bridgehead atoms. The molecular weight excluding hydrogens is 670 g/mol. The molecule has 4 aromatic carbocycles. The van der Waals surface area contributed by atoms with Crippen molar-refractivity contribution in [3.63, 3.8) is 0 Å². The van der Waals surface area contributed by atoms with Crippen LogP contribution >= 0.6 is 11.6 Å². The minimum absolute atomic E-state index is 0.0110. The van der Waals surface area contributed by atoms with Gasteiger partial charge in [0.05, 0.1) is 35.3 Å². The summed E-state index contributed by atoms with van der Waals surface area (Å²) < 4.78 is 8.68. The van der Waals surface area contributed by atoms with Gasteiger partial charge in [-0.25, -0.2) is 0 Å². The first-order chi connectivity index (χ1) is 24.0. The molecule has 3 aliphatic heterocycles. The molecule has 3 aliphatic rings. The number of ether oxygens (including phenoxy) is 1. The first-order valence-electron chi connectivity index (χ1n) is 17.0. The number of aromatic nitrogens is 3. The van der Waals surface area contributed by atoms with Gasteiger partial charge in [0.25, 0.3) is 11.8 Å². The Kier molecular flexibility index (Phi) is 7.96. The fourth-order valence-corrected chi connectivity index (χ4v) is 11.3. The van der Waals surface area contributed by atoms with Gasteiger partial charge in [-0.3, -0.25) is 19.2 Å². The average molecular weight is 708 g/mol. The molecule has 1 aromatic heterocycles. The van der Waals surface area contributed by atoms with Crippen LogP contribution in [0.5, 0.6) is 0 Å². The number of carbonyl (C=O) groups is 2. The summed E-state index contributed by atoms with van der Waals surface area (Å²) in [5.74, 6) is -0.623. The number of anilines is 3. The van der Waals surface area contributed by atoms with Crippen molar-refractivity contribution in [2.24, 2.45) is 5.92 Å². The lowest BCUT2D eigenvalue weighted by Crippen LogP contribution is -2.46. The maximum atomic E-state index is 14.9. The number of aryl methyl sites for hydroxylation is 1. The largest absolute Gasteiger partial charge is 0.432 e. The maximum absolute atomic E-state index is 14.9. The zero-order valence-corrected chi connectivity index (χ0v) is 29.8. The Bertz CT molecular complexity index is 2160. The third kappa shape index (κ3) is 5.10. The molecule has 12 heteroatoms. The number of fused-ring (bicyclic) bond motifs is 2. The van der Waals surface area contributed by atoms with Crippen LogP contribution in [0.2, 0.25) is 23.7 Å². The first-order valence-corrected chi connectivity index (χ1v) is 20.4. The summed E-state index contributed by atoms with van der Waals surface area (Å²) in [4.78, 5) is 43.8. The summed E-state index contributed by atoms with van der Waals surface area (Å²) in [7, 11) is -2.87. The van der Waals surface area contributed by atoms with E-state index >= 15 is 0 Å². The Labute approximate surface area is 296 Å². The van der Waals surface area contributed by atoms with Crippen molar-refractivity contribution in [2.45, 2.75) is 63.2 Å². The van der Waals surface area contributed by atoms with Crippen LogP contribution < -0.4 is 9.80 Å². The minimum Gasteiger partial charge on any atom is -0.432 e. The Balaban J connectivity index is 1.12. The molecule has 2 N–H and O–H groups in total. The lowest BCUT2D eigenvalue weighted by Gasteiger charge is -2.32. The number of nitrogens with zero attached hydrogens (tertiary/aromatic N) is 5. The van der Waals surface area contributed by atoms with Crippen LogP contribution in [0.4, 0.5) is 17.1 Å². The second-order valence-corrected chi connectivity index (χ2v) is 18.5. The van der Waals surface area contributed by atoms with Gasteiger partial charge < -0.3 is 19.5 Å². The molecule has 50 heavy (non-hydrogen) atoms. The number of hydrogen-bond acceptors (Lipinski definition) is 7. The third-order valence-electron chi connectivity index (χ3n) is 10.6. The average Bonchev–Trinajstić information content (AvgIpc) is 3.80. The highest BCUT2D eigenvalue weighted by atomic mass is 35.5. The summed E-state index contributed by atoms with van der Waals surface area (Å²) in [6.07, 6.45) is 2.32. The van der Waals surface area contributed by atoms with Crippen molar-refractivity contribution in [2.75, 3.05) is 16.4 Å². The number of amides is 2. The van der Waals surface area contributed by atoms with Crippen LogP contribution in [-0.2, 0) is 34.6 Å². The maximum Gasteiger partial charge on any atom is 0.264 e. The molecule has 1 saturated heterocycles. The van der Waals surface area contributed by atoms with E-state index in [0.29, 0.717) is 46.9 Å². The Morgan fingerprint density at radius 2 is 1.78 bits per heavy atom. The summed E-state index contributed by atoms with van der Waals surface area (Å²) >= 11 is 6.60. The van der Waals surface area contributed by atoms with E-state index in [2.05, 4.69) is 10.3 Å². The predicted molar refractivity (Wildman–Crippen MR) is 194 cm³/mol. The topological polar surface area (TPSA) is 121 Å². The van der Waals surface area contributed by atoms with Gasteiger partial charge in [0, 0.05) is 58.9 Å². The van der Waals surface area contributed by atoms with E-state index in [4.69, 9.17) is 16.3 Å². The molecule has 1 spiro atoms. The fraction of sp³-hybridized carbons (Fsp3) is 0.316. The first kappa shape index (κ1) is 32.8. The number of benzene rings is 4. The SMILES string of the molecule is C[C@@H]1[C@@H]([Si](C)(C)O)[C@H](CCn2cc(CCO)nn2)O[C@@]12C(=O)N(Cc1cccc(N3C(=O)c4cccc5cccc3c45)c1)c1ccc(Cl)cc12. The number of hydrogen-bond donors (Lipinski definition) is 2. The van der Waals surface area contributed by atoms with Crippen molar-refractivity contribution in [1.82, 2.24) is 15.0 Å². The van der Waals surface area contributed by atoms with Crippen molar-refractivity contribution in [3.8, 4) is 0 Å². The van der Waals surface area contributed by atoms with E-state index in [0.717, 1.165) is 27.7 Å². The highest BCUT2D eigenvalue weighted by molar-refractivity contribution is 6.71. The zero-order chi connectivity index (χ0) is 34.9. The number of rotatable bonds is 9. The number of halogens is 1. The third-order valence-corrected chi connectivity index (χ3v) is 13.3. The zero-order valence-electron chi connectivity index (χ0n) is 28.1. The molecule has 0 aliphatic carbocycles. The summed E-state index contributed by atoms with van der Waals surface area (Å²) in [5.41, 5.74) is 3.61. The minimum atomic E-state index is -2.87. The van der Waals surface area contributed by atoms with E-state index in [-0.39, 0.29) is 36.4 Å². The number of aliphatic hydroxyl groups is 1. The van der Waals surface area contributed by atoms with E-state index in [9.17, 15) is 19.5 Å². The van der Waals surface area contributed by atoms with Crippen LogP contribution in [0.25, 0.3) is 10.8 Å². The molecular formula is C38H38ClN5O5Si. The molecule has 0 saturated carbocycles. The van der Waals surface area contributed by atoms with E-state index in [1.54, 1.807) is 26.7 Å². The van der Waals surface area contributed by atoms with Gasteiger partial charge in [0.1, 0.15) is 0 Å². The Morgan fingerprint density at radius 1 is 1.00 bits per heavy atom. The highest BCUT2D eigenvalue weighted by Crippen LogP contribution is 2.60. The monoisotopic (exact) mass is 707 g/mol. The van der Waals surface area contributed by atoms with Crippen molar-refractivity contribution < 1.29 is 24.2 Å². The number of carbonyl (C=O) groups excluding carboxylic acids is 2. The van der Waals surface area contributed by atoms with Gasteiger partial charge in [-0.15, -0.1) is 5.10 Å². The van der Waals surface area contributed by atoms with Gasteiger partial charge in [-0.2, -0.15) is 0 Å². The quantitative estimate of drug-likeness (QED) is 0.171. The standard InChI is InChI=1S/C38H38ClN5O5Si/c1-23-35(50(2,3)48)33(15-17-42-22-27(16-18-45)40-41-42)49-38(23)30-20-26(39)13-14-31(30)43(37(38)47)21-24-7-4-10-28(19-24)44-32-12-6-9-25-8-5-11-29(34(25)32)36(44)46/h4-14,19-20,22-23,33,35,45,48H,15-18,21H2,1-3H3/t23-,33+,35-,38+/m1/s1. The molecule has 0 radical (unpaired) electrons. The van der Waals surface area contributed by atoms with E-state index < -0.39 is 20.0 Å². The molecule has 1 fully saturated rings. The van der Waals surface area contributed by atoms with Gasteiger partial charge >= 0.3 is 0 Å². The molecule has 2 amide bonds. The highest BCUT2D eigenvalue weighted by Gasteiger charge is 2.66. The molecule has 8 rings (SSSR count). The van der Waals surface area contributed by atoms with Crippen LogP contribution in [0.15, 0.2) is 85.1 Å². The normalized spacial score (nSPS) is 22.8. The van der Waals surface area contributed by atoms with Crippen molar-refractivity contribution >= 4 is 59.6 Å². The predicted octanol–water partition coefficient (Wildman–Crippen LogP) is 6.35. The summed E-state index contributed by atoms with van der Waals surface area (Å²) in [6, 6.07) is 25.0. The van der Waals surface area contributed by atoms with E-state index in [1.165, 1.54) is 0 Å². The lowest BCUT2D eigenvalue weighted by atomic mass is 9.82. The molecule has 256 valence electrons. The van der Waals surface area contributed by atoms with Gasteiger partial charge in [-0.05, 0) is 72.9 Å². The molecule has 10 nitrogen and oxygen atoms in total. The van der Waals surface area contributed by atoms with Gasteiger partial charge in [0.2, 0.25) is 0 Å². The second-order valence-electron chi connectivity index (χ2n) is 14.1. The van der Waals surface area contributed by atoms with Gasteiger partial charge in [0.15, 0.2) is 13.9 Å². The van der Waals surface area contributed by atoms with Gasteiger partial charge in [-0.1, -0.05) is 60.1 Å². The van der Waals surface area contributed by atoms with Crippen molar-refractivity contribution in [3.05, 3.63) is 112 Å². The summed E-state index contributed by atoms with van der Waals surface area (Å²) in [6.45, 7) is 6.53. The molecule has 5 aromatic rings. The molecule has 4 heterocycles. The Morgan fingerprint density at radius 3 is 2.56 bits per heavy atom. The Hall–Kier alpha value is -4.39. The molecule has 0 unspecified atom stereocenters. The van der Waals surface area contributed by atoms with Crippen LogP contribution in [0, 0.1) is 5.92 Å². The van der Waals surface area contributed by atoms with Crippen molar-refractivity contribution in [1.29, 1.82) is 0 Å². The molecule has 4 atom stereocenters. The second kappa shape index (κ2) is 12.1. The van der Waals surface area contributed by atoms with Crippen LogP contribution in [-0.4, -0.2) is 57.7 Å². The lowest BCUT2D eigenvalue weighted by molar-refractivity contribution is -0.146. The smallest absolute Gasteiger partial charge is 0.264 e. The number of aliphatic hydroxyl groups excluding tert-OH is 1. The van der Waals surface area contributed by atoms with Crippen LogP contribution in [0.3, 0.4) is 0 Å². The summed E-state index contributed by atoms with van der Waals surface area (Å²) in [5, 5.41) is 20.1. The fourth-order valence-electron chi connectivity index (χ4n) is 8.56. The van der Waals surface area contributed by atoms with Crippen LogP contribution in [0.1, 0.15) is 40.5 Å².